The van der Waals surface area contributed by atoms with E-state index in [4.69, 9.17) is 10.5 Å². The van der Waals surface area contributed by atoms with Crippen molar-refractivity contribution in [2.24, 2.45) is 5.92 Å². The van der Waals surface area contributed by atoms with E-state index in [9.17, 15) is 9.18 Å². The second kappa shape index (κ2) is 4.85. The van der Waals surface area contributed by atoms with E-state index in [1.165, 1.54) is 13.2 Å². The van der Waals surface area contributed by atoms with Crippen molar-refractivity contribution in [1.29, 1.82) is 0 Å². The van der Waals surface area contributed by atoms with Crippen LogP contribution in [0.2, 0.25) is 0 Å². The minimum atomic E-state index is -0.470. The average Bonchev–Trinajstić information content (AvgIpc) is 2.81. The number of ether oxygens (including phenoxy) is 1. The van der Waals surface area contributed by atoms with Crippen molar-refractivity contribution >= 4 is 17.3 Å². The number of halogens is 1. The Morgan fingerprint density at radius 2 is 2.30 bits per heavy atom. The summed E-state index contributed by atoms with van der Waals surface area (Å²) >= 11 is 0. The SMILES string of the molecule is COc1cc(N2CCCC3C(=O)NCC32)c(N)cc1F. The summed E-state index contributed by atoms with van der Waals surface area (Å²) in [5, 5.41) is 2.89. The first-order valence-corrected chi connectivity index (χ1v) is 6.79. The molecule has 1 aromatic carbocycles. The van der Waals surface area contributed by atoms with Crippen molar-refractivity contribution in [3.05, 3.63) is 17.9 Å². The van der Waals surface area contributed by atoms with Gasteiger partial charge in [0.15, 0.2) is 11.6 Å². The van der Waals surface area contributed by atoms with Gasteiger partial charge in [0.25, 0.3) is 0 Å². The zero-order chi connectivity index (χ0) is 14.3. The van der Waals surface area contributed by atoms with Gasteiger partial charge in [0.2, 0.25) is 5.91 Å². The van der Waals surface area contributed by atoms with Crippen LogP contribution in [0.3, 0.4) is 0 Å². The van der Waals surface area contributed by atoms with E-state index in [1.54, 1.807) is 6.07 Å². The summed E-state index contributed by atoms with van der Waals surface area (Å²) in [6.45, 7) is 1.43. The van der Waals surface area contributed by atoms with E-state index in [0.29, 0.717) is 12.2 Å². The smallest absolute Gasteiger partial charge is 0.225 e. The second-order valence-corrected chi connectivity index (χ2v) is 5.30. The van der Waals surface area contributed by atoms with Crippen molar-refractivity contribution in [1.82, 2.24) is 5.32 Å². The molecule has 108 valence electrons. The highest BCUT2D eigenvalue weighted by Gasteiger charge is 2.41. The highest BCUT2D eigenvalue weighted by Crippen LogP contribution is 2.37. The summed E-state index contributed by atoms with van der Waals surface area (Å²) < 4.78 is 18.7. The lowest BCUT2D eigenvalue weighted by atomic mass is 9.91. The van der Waals surface area contributed by atoms with Gasteiger partial charge in [-0.25, -0.2) is 4.39 Å². The average molecular weight is 279 g/mol. The third-order valence-corrected chi connectivity index (χ3v) is 4.21. The number of benzene rings is 1. The lowest BCUT2D eigenvalue weighted by Gasteiger charge is -2.38. The van der Waals surface area contributed by atoms with Crippen LogP contribution in [0.5, 0.6) is 5.75 Å². The molecular formula is C14H18FN3O2. The van der Waals surface area contributed by atoms with Crippen molar-refractivity contribution in [3.8, 4) is 5.75 Å². The molecule has 2 aliphatic rings. The molecule has 0 spiro atoms. The van der Waals surface area contributed by atoms with Gasteiger partial charge in [-0.15, -0.1) is 0 Å². The van der Waals surface area contributed by atoms with Crippen molar-refractivity contribution in [2.75, 3.05) is 30.8 Å². The first-order valence-electron chi connectivity index (χ1n) is 6.79. The van der Waals surface area contributed by atoms with Gasteiger partial charge in [-0.05, 0) is 12.8 Å². The first-order chi connectivity index (χ1) is 9.61. The number of carbonyl (C=O) groups is 1. The normalized spacial score (nSPS) is 25.3. The molecule has 2 saturated heterocycles. The Balaban J connectivity index is 1.97. The number of nitrogen functional groups attached to an aromatic ring is 1. The molecule has 2 fully saturated rings. The molecule has 6 heteroatoms. The summed E-state index contributed by atoms with van der Waals surface area (Å²) in [5.74, 6) is -0.192. The van der Waals surface area contributed by atoms with Gasteiger partial charge in [-0.1, -0.05) is 0 Å². The number of anilines is 2. The second-order valence-electron chi connectivity index (χ2n) is 5.30. The molecule has 1 aromatic rings. The molecule has 2 heterocycles. The van der Waals surface area contributed by atoms with Crippen LogP contribution in [0.1, 0.15) is 12.8 Å². The summed E-state index contributed by atoms with van der Waals surface area (Å²) in [6.07, 6.45) is 1.82. The maximum absolute atomic E-state index is 13.6. The number of piperidine rings is 1. The van der Waals surface area contributed by atoms with Crippen LogP contribution in [0, 0.1) is 11.7 Å². The number of nitrogens with one attached hydrogen (secondary N) is 1. The number of hydrogen-bond donors (Lipinski definition) is 2. The number of fused-ring (bicyclic) bond motifs is 1. The monoisotopic (exact) mass is 279 g/mol. The summed E-state index contributed by atoms with van der Waals surface area (Å²) in [6, 6.07) is 2.99. The standard InChI is InChI=1S/C14H18FN3O2/c1-20-13-6-11(10(16)5-9(13)15)18-4-2-3-8-12(18)7-17-14(8)19/h5-6,8,12H,2-4,7,16H2,1H3,(H,17,19). The Morgan fingerprint density at radius 1 is 1.50 bits per heavy atom. The fraction of sp³-hybridized carbons (Fsp3) is 0.500. The maximum Gasteiger partial charge on any atom is 0.225 e. The molecule has 0 saturated carbocycles. The molecule has 2 atom stereocenters. The minimum absolute atomic E-state index is 0.000743. The highest BCUT2D eigenvalue weighted by atomic mass is 19.1. The number of methoxy groups -OCH3 is 1. The van der Waals surface area contributed by atoms with Gasteiger partial charge in [0.05, 0.1) is 30.4 Å². The Kier molecular flexibility index (Phi) is 3.16. The Morgan fingerprint density at radius 3 is 3.05 bits per heavy atom. The zero-order valence-corrected chi connectivity index (χ0v) is 11.4. The number of hydrogen-bond acceptors (Lipinski definition) is 4. The highest BCUT2D eigenvalue weighted by molar-refractivity contribution is 5.84. The summed E-state index contributed by atoms with van der Waals surface area (Å²) in [7, 11) is 1.43. The van der Waals surface area contributed by atoms with Gasteiger partial charge in [-0.3, -0.25) is 4.79 Å². The molecule has 3 N–H and O–H groups in total. The molecule has 2 unspecified atom stereocenters. The molecular weight excluding hydrogens is 261 g/mol. The predicted octanol–water partition coefficient (Wildman–Crippen LogP) is 1.13. The summed E-state index contributed by atoms with van der Waals surface area (Å²) in [4.78, 5) is 13.9. The molecule has 1 amide bonds. The van der Waals surface area contributed by atoms with Crippen LogP contribution in [-0.2, 0) is 4.79 Å². The van der Waals surface area contributed by atoms with Crippen LogP contribution in [0.15, 0.2) is 12.1 Å². The van der Waals surface area contributed by atoms with Crippen molar-refractivity contribution in [3.63, 3.8) is 0 Å². The van der Waals surface area contributed by atoms with Gasteiger partial charge in [0, 0.05) is 25.2 Å². The van der Waals surface area contributed by atoms with Crippen molar-refractivity contribution in [2.45, 2.75) is 18.9 Å². The Bertz CT molecular complexity index is 549. The fourth-order valence-electron chi connectivity index (χ4n) is 3.21. The van der Waals surface area contributed by atoms with Crippen LogP contribution < -0.4 is 20.7 Å². The lowest BCUT2D eigenvalue weighted by molar-refractivity contribution is -0.122. The van der Waals surface area contributed by atoms with Gasteiger partial charge in [0.1, 0.15) is 0 Å². The molecule has 20 heavy (non-hydrogen) atoms. The van der Waals surface area contributed by atoms with Crippen molar-refractivity contribution < 1.29 is 13.9 Å². The molecule has 3 rings (SSSR count). The van der Waals surface area contributed by atoms with E-state index >= 15 is 0 Å². The van der Waals surface area contributed by atoms with E-state index < -0.39 is 5.82 Å². The minimum Gasteiger partial charge on any atom is -0.494 e. The molecule has 5 nitrogen and oxygen atoms in total. The van der Waals surface area contributed by atoms with E-state index in [0.717, 1.165) is 25.1 Å². The topological polar surface area (TPSA) is 67.6 Å². The first kappa shape index (κ1) is 13.0. The summed E-state index contributed by atoms with van der Waals surface area (Å²) in [5.41, 5.74) is 7.07. The third kappa shape index (κ3) is 1.95. The zero-order valence-electron chi connectivity index (χ0n) is 11.4. The number of amides is 1. The number of rotatable bonds is 2. The van der Waals surface area contributed by atoms with Gasteiger partial charge in [-0.2, -0.15) is 0 Å². The lowest BCUT2D eigenvalue weighted by Crippen LogP contribution is -2.46. The van der Waals surface area contributed by atoms with E-state index in [-0.39, 0.29) is 23.6 Å². The molecule has 0 aliphatic carbocycles. The largest absolute Gasteiger partial charge is 0.494 e. The van der Waals surface area contributed by atoms with Crippen LogP contribution in [0.4, 0.5) is 15.8 Å². The van der Waals surface area contributed by atoms with Crippen LogP contribution in [0.25, 0.3) is 0 Å². The Hall–Kier alpha value is -1.98. The van der Waals surface area contributed by atoms with Crippen LogP contribution in [-0.4, -0.2) is 32.1 Å². The molecule has 0 aromatic heterocycles. The molecule has 0 bridgehead atoms. The number of nitrogens with two attached hydrogens (primary N) is 1. The van der Waals surface area contributed by atoms with E-state index in [2.05, 4.69) is 10.2 Å². The maximum atomic E-state index is 13.6. The Labute approximate surface area is 116 Å². The van der Waals surface area contributed by atoms with Gasteiger partial charge >= 0.3 is 0 Å². The third-order valence-electron chi connectivity index (χ3n) is 4.21. The molecule has 0 radical (unpaired) electrons. The quantitative estimate of drug-likeness (QED) is 0.796. The van der Waals surface area contributed by atoms with Gasteiger partial charge < -0.3 is 20.7 Å². The fourth-order valence-corrected chi connectivity index (χ4v) is 3.21. The number of nitrogens with zero attached hydrogens (tertiary/aromatic N) is 1. The predicted molar refractivity (Wildman–Crippen MR) is 74.2 cm³/mol. The molecule has 2 aliphatic heterocycles. The van der Waals surface area contributed by atoms with E-state index in [1.807, 2.05) is 0 Å². The van der Waals surface area contributed by atoms with Crippen LogP contribution >= 0.6 is 0 Å². The number of carbonyl (C=O) groups excluding carboxylic acids is 1.